The lowest BCUT2D eigenvalue weighted by atomic mass is 9.64. The Morgan fingerprint density at radius 3 is 2.38 bits per heavy atom. The van der Waals surface area contributed by atoms with Gasteiger partial charge in [0.25, 0.3) is 0 Å². The number of halogens is 1. The number of amides is 1. The quantitative estimate of drug-likeness (QED) is 0.326. The van der Waals surface area contributed by atoms with Gasteiger partial charge in [-0.15, -0.1) is 0 Å². The molecule has 262 valence electrons. The molecule has 12 nitrogen and oxygen atoms in total. The molecule has 1 atom stereocenters. The Hall–Kier alpha value is -3.16. The Kier molecular flexibility index (Phi) is 9.85. The summed E-state index contributed by atoms with van der Waals surface area (Å²) in [6, 6.07) is 0.582. The maximum absolute atomic E-state index is 13.0. The summed E-state index contributed by atoms with van der Waals surface area (Å²) >= 11 is 6.50. The molecule has 0 spiro atoms. The van der Waals surface area contributed by atoms with Crippen molar-refractivity contribution in [1.82, 2.24) is 29.5 Å². The molecule has 0 radical (unpaired) electrons. The fourth-order valence-electron chi connectivity index (χ4n) is 7.29. The maximum Gasteiger partial charge on any atom is 0.229 e. The van der Waals surface area contributed by atoms with E-state index in [1.54, 1.807) is 34.0 Å². The third-order valence-corrected chi connectivity index (χ3v) is 12.6. The van der Waals surface area contributed by atoms with Crippen molar-refractivity contribution in [3.8, 4) is 0 Å². The molecule has 0 bridgehead atoms. The van der Waals surface area contributed by atoms with Crippen molar-refractivity contribution >= 4 is 44.8 Å². The number of sulfone groups is 1. The highest BCUT2D eigenvalue weighted by Crippen LogP contribution is 2.47. The Morgan fingerprint density at radius 1 is 1.06 bits per heavy atom. The third kappa shape index (κ3) is 7.52. The van der Waals surface area contributed by atoms with Crippen molar-refractivity contribution in [2.24, 2.45) is 24.3 Å². The van der Waals surface area contributed by atoms with Crippen LogP contribution in [0.4, 0.5) is 17.5 Å². The summed E-state index contributed by atoms with van der Waals surface area (Å²) in [6.45, 7) is 13.1. The summed E-state index contributed by atoms with van der Waals surface area (Å²) in [7, 11) is -1.98. The molecule has 3 heterocycles. The molecular formula is C34H49ClN8O4S. The molecule has 1 amide bonds. The molecule has 2 N–H and O–H groups in total. The van der Waals surface area contributed by atoms with Crippen molar-refractivity contribution < 1.29 is 17.9 Å². The van der Waals surface area contributed by atoms with E-state index in [0.29, 0.717) is 29.5 Å². The minimum absolute atomic E-state index is 0.0559. The minimum Gasteiger partial charge on any atom is -0.489 e. The predicted molar refractivity (Wildman–Crippen MR) is 187 cm³/mol. The van der Waals surface area contributed by atoms with Gasteiger partial charge in [-0.1, -0.05) is 31.5 Å². The number of carbonyl (C=O) groups is 1. The van der Waals surface area contributed by atoms with Crippen molar-refractivity contribution in [1.29, 1.82) is 0 Å². The first-order valence-electron chi connectivity index (χ1n) is 17.2. The van der Waals surface area contributed by atoms with E-state index in [1.807, 2.05) is 4.90 Å². The van der Waals surface area contributed by atoms with E-state index in [0.717, 1.165) is 63.3 Å². The highest BCUT2D eigenvalue weighted by Gasteiger charge is 2.41. The fourth-order valence-corrected chi connectivity index (χ4v) is 8.53. The topological polar surface area (TPSA) is 135 Å². The Morgan fingerprint density at radius 2 is 1.75 bits per heavy atom. The zero-order valence-electron chi connectivity index (χ0n) is 28.9. The molecule has 2 saturated carbocycles. The van der Waals surface area contributed by atoms with Gasteiger partial charge in [-0.2, -0.15) is 10.1 Å². The van der Waals surface area contributed by atoms with Crippen LogP contribution in [-0.2, 0) is 26.4 Å². The number of hydrogen-bond donors (Lipinski definition) is 2. The Bertz CT molecular complexity index is 1680. The average Bonchev–Trinajstić information content (AvgIpc) is 3.78. The molecule has 4 aliphatic rings. The van der Waals surface area contributed by atoms with E-state index in [1.165, 1.54) is 23.7 Å². The zero-order valence-corrected chi connectivity index (χ0v) is 30.4. The van der Waals surface area contributed by atoms with Crippen molar-refractivity contribution in [3.05, 3.63) is 41.0 Å². The first-order chi connectivity index (χ1) is 22.7. The lowest BCUT2D eigenvalue weighted by Crippen LogP contribution is -2.52. The number of anilines is 3. The molecular weight excluding hydrogens is 652 g/mol. The molecule has 2 aromatic heterocycles. The standard InChI is InChI=1S/C34H49ClN8O4S/c1-21(2)48(45,46)32-29(20-41(6)40-32)37-31-27(35)19-36-33(39-31)38-28-18-34(4,5)26(17-30(28)47-25-11-12-25)23-7-9-24(10-8-23)43-15-13-42(14-16-43)22(3)44/h17-21,23-26H,7-16H2,1-6H3,(H2,36,37,38,39). The summed E-state index contributed by atoms with van der Waals surface area (Å²) in [6.07, 6.45) is 14.6. The Balaban J connectivity index is 1.17. The SMILES string of the molecule is CC(=O)N1CCN(C2CCC(C3C=C(OC4CC4)C(Nc4ncc(Cl)c(Nc5cn(C)nc5S(=O)(=O)C(C)C)n4)=CC3(C)C)CC2)CC1. The smallest absolute Gasteiger partial charge is 0.229 e. The molecule has 1 unspecified atom stereocenters. The van der Waals surface area contributed by atoms with E-state index in [2.05, 4.69) is 56.6 Å². The average molecular weight is 701 g/mol. The van der Waals surface area contributed by atoms with Gasteiger partial charge in [0.05, 0.1) is 28.9 Å². The van der Waals surface area contributed by atoms with Gasteiger partial charge >= 0.3 is 0 Å². The largest absolute Gasteiger partial charge is 0.489 e. The number of nitrogens with one attached hydrogen (secondary N) is 2. The number of aromatic nitrogens is 4. The van der Waals surface area contributed by atoms with Crippen LogP contribution in [0, 0.1) is 17.3 Å². The van der Waals surface area contributed by atoms with Gasteiger partial charge in [-0.25, -0.2) is 13.4 Å². The summed E-state index contributed by atoms with van der Waals surface area (Å²) in [5.41, 5.74) is 0.967. The molecule has 3 aliphatic carbocycles. The number of aryl methyl sites for hydroxylation is 1. The van der Waals surface area contributed by atoms with Crippen LogP contribution in [0.15, 0.2) is 41.0 Å². The zero-order chi connectivity index (χ0) is 34.4. The van der Waals surface area contributed by atoms with E-state index < -0.39 is 15.1 Å². The van der Waals surface area contributed by atoms with Crippen LogP contribution in [0.1, 0.15) is 73.1 Å². The minimum atomic E-state index is -3.65. The second-order valence-corrected chi connectivity index (χ2v) is 17.4. The fraction of sp³-hybridized carbons (Fsp3) is 0.647. The number of rotatable bonds is 10. The lowest BCUT2D eigenvalue weighted by Gasteiger charge is -2.45. The second-order valence-electron chi connectivity index (χ2n) is 14.6. The summed E-state index contributed by atoms with van der Waals surface area (Å²) in [4.78, 5) is 25.4. The first-order valence-corrected chi connectivity index (χ1v) is 19.1. The number of ether oxygens (including phenoxy) is 1. The van der Waals surface area contributed by atoms with Gasteiger partial charge in [-0.3, -0.25) is 14.4 Å². The monoisotopic (exact) mass is 700 g/mol. The summed E-state index contributed by atoms with van der Waals surface area (Å²) < 4.78 is 33.9. The van der Waals surface area contributed by atoms with Crippen LogP contribution in [0.25, 0.3) is 0 Å². The molecule has 14 heteroatoms. The summed E-state index contributed by atoms with van der Waals surface area (Å²) in [5.74, 6) is 2.45. The first kappa shape index (κ1) is 34.7. The molecule has 1 aliphatic heterocycles. The Labute approximate surface area is 289 Å². The second kappa shape index (κ2) is 13.6. The number of piperazine rings is 1. The number of allylic oxidation sites excluding steroid dienone is 2. The highest BCUT2D eigenvalue weighted by molar-refractivity contribution is 7.92. The normalized spacial score (nSPS) is 25.0. The van der Waals surface area contributed by atoms with Crippen molar-refractivity contribution in [3.63, 3.8) is 0 Å². The third-order valence-electron chi connectivity index (χ3n) is 10.2. The molecule has 48 heavy (non-hydrogen) atoms. The van der Waals surface area contributed by atoms with Crippen LogP contribution >= 0.6 is 11.6 Å². The van der Waals surface area contributed by atoms with Crippen LogP contribution in [0.5, 0.6) is 0 Å². The number of nitrogens with zero attached hydrogens (tertiary/aromatic N) is 6. The van der Waals surface area contributed by atoms with Crippen LogP contribution < -0.4 is 10.6 Å². The molecule has 3 fully saturated rings. The van der Waals surface area contributed by atoms with E-state index in [-0.39, 0.29) is 33.3 Å². The van der Waals surface area contributed by atoms with Gasteiger partial charge in [0, 0.05) is 52.4 Å². The molecule has 1 saturated heterocycles. The van der Waals surface area contributed by atoms with E-state index >= 15 is 0 Å². The van der Waals surface area contributed by atoms with Crippen molar-refractivity contribution in [2.75, 3.05) is 36.8 Å². The molecule has 2 aromatic rings. The van der Waals surface area contributed by atoms with Gasteiger partial charge in [0.15, 0.2) is 5.82 Å². The van der Waals surface area contributed by atoms with E-state index in [4.69, 9.17) is 16.3 Å². The maximum atomic E-state index is 13.0. The van der Waals surface area contributed by atoms with Gasteiger partial charge in [0.1, 0.15) is 10.8 Å². The molecule has 6 rings (SSSR count). The lowest BCUT2D eigenvalue weighted by molar-refractivity contribution is -0.131. The van der Waals surface area contributed by atoms with Crippen LogP contribution in [-0.4, -0.2) is 87.4 Å². The van der Waals surface area contributed by atoms with E-state index in [9.17, 15) is 13.2 Å². The number of carbonyl (C=O) groups excluding carboxylic acids is 1. The predicted octanol–water partition coefficient (Wildman–Crippen LogP) is 5.53. The van der Waals surface area contributed by atoms with Crippen molar-refractivity contribution in [2.45, 2.75) is 95.6 Å². The highest BCUT2D eigenvalue weighted by atomic mass is 35.5. The van der Waals surface area contributed by atoms with Crippen LogP contribution in [0.2, 0.25) is 5.02 Å². The van der Waals surface area contributed by atoms with Gasteiger partial charge in [-0.05, 0) is 75.7 Å². The molecule has 0 aromatic carbocycles. The van der Waals surface area contributed by atoms with Gasteiger partial charge < -0.3 is 20.3 Å². The summed E-state index contributed by atoms with van der Waals surface area (Å²) in [5, 5.41) is 10.2. The number of hydrogen-bond acceptors (Lipinski definition) is 10. The van der Waals surface area contributed by atoms with Crippen LogP contribution in [0.3, 0.4) is 0 Å². The van der Waals surface area contributed by atoms with Gasteiger partial charge in [0.2, 0.25) is 26.7 Å².